The van der Waals surface area contributed by atoms with E-state index in [1.807, 2.05) is 0 Å². The molecule has 0 bridgehead atoms. The van der Waals surface area contributed by atoms with Crippen LogP contribution in [0.15, 0.2) is 5.10 Å². The molecule has 0 saturated carbocycles. The van der Waals surface area contributed by atoms with Crippen molar-refractivity contribution in [2.75, 3.05) is 5.43 Å². The van der Waals surface area contributed by atoms with Crippen molar-refractivity contribution in [3.05, 3.63) is 29.1 Å². The number of hydrogen-bond donors (Lipinski definition) is 1. The van der Waals surface area contributed by atoms with Crippen molar-refractivity contribution >= 4 is 17.2 Å². The lowest BCUT2D eigenvalue weighted by Gasteiger charge is -2.07. The molecule has 0 amide bonds. The van der Waals surface area contributed by atoms with Crippen LogP contribution < -0.4 is 5.43 Å². The van der Waals surface area contributed by atoms with Crippen LogP contribution in [0.1, 0.15) is 13.8 Å². The lowest BCUT2D eigenvalue weighted by atomic mass is 10.2. The minimum Gasteiger partial charge on any atom is -0.293 e. The first kappa shape index (κ1) is 14.1. The molecule has 0 aliphatic rings. The van der Waals surface area contributed by atoms with Gasteiger partial charge in [-0.2, -0.15) is 5.10 Å². The summed E-state index contributed by atoms with van der Waals surface area (Å²) < 4.78 is 64.5. The van der Waals surface area contributed by atoms with Crippen molar-refractivity contribution < 1.29 is 26.7 Å². The average molecular weight is 266 g/mol. The number of nitrogens with zero attached hydrogens (tertiary/aromatic N) is 1. The predicted molar refractivity (Wildman–Crippen MR) is 53.6 cm³/mol. The number of hydrazone groups is 1. The molecule has 1 N–H and O–H groups in total. The van der Waals surface area contributed by atoms with E-state index in [9.17, 15) is 26.7 Å². The number of hydrogen-bond acceptors (Lipinski definition) is 3. The van der Waals surface area contributed by atoms with E-state index in [1.54, 1.807) is 5.43 Å². The number of carbonyl (C=O) groups is 1. The molecule has 0 saturated heterocycles. The lowest BCUT2D eigenvalue weighted by molar-refractivity contribution is -0.111. The van der Waals surface area contributed by atoms with Gasteiger partial charge in [0.1, 0.15) is 11.4 Å². The van der Waals surface area contributed by atoms with Crippen LogP contribution in [0.2, 0.25) is 0 Å². The van der Waals surface area contributed by atoms with Gasteiger partial charge in [-0.15, -0.1) is 0 Å². The summed E-state index contributed by atoms with van der Waals surface area (Å²) in [6.07, 6.45) is 0. The van der Waals surface area contributed by atoms with E-state index >= 15 is 0 Å². The van der Waals surface area contributed by atoms with Crippen LogP contribution in [-0.4, -0.2) is 11.5 Å². The van der Waals surface area contributed by atoms with Crippen molar-refractivity contribution in [1.82, 2.24) is 0 Å². The predicted octanol–water partition coefficient (Wildman–Crippen LogP) is 2.76. The summed E-state index contributed by atoms with van der Waals surface area (Å²) in [5.74, 6) is -11.1. The average Bonchev–Trinajstić information content (AvgIpc) is 2.33. The Bertz CT molecular complexity index is 513. The zero-order chi connectivity index (χ0) is 14.0. The number of nitrogens with one attached hydrogen (secondary N) is 1. The molecule has 0 heterocycles. The molecule has 0 aromatic heterocycles. The van der Waals surface area contributed by atoms with Crippen LogP contribution in [0.25, 0.3) is 0 Å². The Morgan fingerprint density at radius 2 is 1.28 bits per heavy atom. The van der Waals surface area contributed by atoms with Crippen LogP contribution in [-0.2, 0) is 4.79 Å². The molecule has 0 radical (unpaired) electrons. The van der Waals surface area contributed by atoms with Crippen molar-refractivity contribution in [1.29, 1.82) is 0 Å². The summed E-state index contributed by atoms with van der Waals surface area (Å²) >= 11 is 0. The Labute approximate surface area is 98.3 Å². The van der Waals surface area contributed by atoms with E-state index in [0.717, 1.165) is 6.92 Å². The molecule has 98 valence electrons. The lowest BCUT2D eigenvalue weighted by Crippen LogP contribution is -2.11. The molecule has 0 atom stereocenters. The number of halogens is 5. The van der Waals surface area contributed by atoms with Crippen LogP contribution in [0.3, 0.4) is 0 Å². The molecule has 0 unspecified atom stereocenters. The van der Waals surface area contributed by atoms with Crippen LogP contribution in [0.4, 0.5) is 27.6 Å². The maximum absolute atomic E-state index is 13.1. The molecule has 8 heteroatoms. The Hall–Kier alpha value is -1.99. The minimum absolute atomic E-state index is 0.182. The largest absolute Gasteiger partial charge is 0.293 e. The van der Waals surface area contributed by atoms with Gasteiger partial charge >= 0.3 is 0 Å². The fourth-order valence-corrected chi connectivity index (χ4v) is 0.922. The Morgan fingerprint density at radius 1 is 0.889 bits per heavy atom. The number of anilines is 1. The molecule has 1 aromatic rings. The summed E-state index contributed by atoms with van der Waals surface area (Å²) in [4.78, 5) is 10.8. The highest BCUT2D eigenvalue weighted by atomic mass is 19.2. The first-order chi connectivity index (χ1) is 8.27. The summed E-state index contributed by atoms with van der Waals surface area (Å²) in [6.45, 7) is 2.33. The van der Waals surface area contributed by atoms with Gasteiger partial charge in [-0.25, -0.2) is 22.0 Å². The summed E-state index contributed by atoms with van der Waals surface area (Å²) in [5.41, 5.74) is 0.147. The standard InChI is InChI=1S/C10H7F5N2O/c1-3(4(2)18)16-17-10-8(14)6(12)5(11)7(13)9(10)15/h17H,1-2H3. The highest BCUT2D eigenvalue weighted by Gasteiger charge is 2.25. The molecule has 0 aliphatic heterocycles. The van der Waals surface area contributed by atoms with E-state index in [2.05, 4.69) is 5.10 Å². The molecule has 0 fully saturated rings. The maximum atomic E-state index is 13.1. The second-order valence-electron chi connectivity index (χ2n) is 3.31. The van der Waals surface area contributed by atoms with Gasteiger partial charge in [0.15, 0.2) is 29.1 Å². The van der Waals surface area contributed by atoms with E-state index in [4.69, 9.17) is 0 Å². The van der Waals surface area contributed by atoms with Gasteiger partial charge in [0.25, 0.3) is 0 Å². The molecule has 3 nitrogen and oxygen atoms in total. The third kappa shape index (κ3) is 2.47. The molecule has 1 aromatic carbocycles. The normalized spacial score (nSPS) is 11.6. The second kappa shape index (κ2) is 5.11. The SMILES string of the molecule is CC(=O)C(C)=NNc1c(F)c(F)c(F)c(F)c1F. The molecular weight excluding hydrogens is 259 g/mol. The monoisotopic (exact) mass is 266 g/mol. The van der Waals surface area contributed by atoms with E-state index in [0.29, 0.717) is 0 Å². The van der Waals surface area contributed by atoms with Crippen molar-refractivity contribution in [3.63, 3.8) is 0 Å². The van der Waals surface area contributed by atoms with E-state index in [1.165, 1.54) is 6.92 Å². The molecule has 0 aliphatic carbocycles. The van der Waals surface area contributed by atoms with Crippen LogP contribution in [0, 0.1) is 29.1 Å². The van der Waals surface area contributed by atoms with Gasteiger partial charge in [-0.3, -0.25) is 10.2 Å². The number of rotatable bonds is 3. The minimum atomic E-state index is -2.26. The fourth-order valence-electron chi connectivity index (χ4n) is 0.922. The zero-order valence-electron chi connectivity index (χ0n) is 9.25. The molecule has 1 rings (SSSR count). The zero-order valence-corrected chi connectivity index (χ0v) is 9.25. The summed E-state index contributed by atoms with van der Waals surface area (Å²) in [7, 11) is 0. The van der Waals surface area contributed by atoms with Gasteiger partial charge < -0.3 is 0 Å². The Morgan fingerprint density at radius 3 is 1.67 bits per heavy atom. The third-order valence-electron chi connectivity index (χ3n) is 2.05. The molecule has 18 heavy (non-hydrogen) atoms. The first-order valence-electron chi connectivity index (χ1n) is 4.60. The van der Waals surface area contributed by atoms with Gasteiger partial charge in [-0.05, 0) is 6.92 Å². The highest BCUT2D eigenvalue weighted by Crippen LogP contribution is 2.26. The smallest absolute Gasteiger partial charge is 0.200 e. The Kier molecular flexibility index (Phi) is 4.00. The fraction of sp³-hybridized carbons (Fsp3) is 0.200. The number of Topliss-reactive ketones (excluding diaryl/α,β-unsaturated/α-hetero) is 1. The van der Waals surface area contributed by atoms with Crippen LogP contribution in [0.5, 0.6) is 0 Å². The highest BCUT2D eigenvalue weighted by molar-refractivity contribution is 6.38. The summed E-state index contributed by atoms with van der Waals surface area (Å²) in [5, 5.41) is 3.21. The third-order valence-corrected chi connectivity index (χ3v) is 2.05. The van der Waals surface area contributed by atoms with Gasteiger partial charge in [0.2, 0.25) is 5.82 Å². The van der Waals surface area contributed by atoms with E-state index in [-0.39, 0.29) is 5.71 Å². The van der Waals surface area contributed by atoms with Crippen LogP contribution >= 0.6 is 0 Å². The van der Waals surface area contributed by atoms with Gasteiger partial charge in [0.05, 0.1) is 0 Å². The van der Waals surface area contributed by atoms with E-state index < -0.39 is 40.6 Å². The van der Waals surface area contributed by atoms with Gasteiger partial charge in [-0.1, -0.05) is 0 Å². The summed E-state index contributed by atoms with van der Waals surface area (Å²) in [6, 6.07) is 0. The quantitative estimate of drug-likeness (QED) is 0.300. The second-order valence-corrected chi connectivity index (χ2v) is 3.31. The maximum Gasteiger partial charge on any atom is 0.200 e. The Balaban J connectivity index is 3.27. The topological polar surface area (TPSA) is 41.5 Å². The molecule has 0 spiro atoms. The van der Waals surface area contributed by atoms with Crippen molar-refractivity contribution in [3.8, 4) is 0 Å². The molecular formula is C10H7F5N2O. The first-order valence-corrected chi connectivity index (χ1v) is 4.60. The number of benzene rings is 1. The number of carbonyl (C=O) groups excluding carboxylic acids is 1. The van der Waals surface area contributed by atoms with Crippen molar-refractivity contribution in [2.24, 2.45) is 5.10 Å². The van der Waals surface area contributed by atoms with Crippen molar-refractivity contribution in [2.45, 2.75) is 13.8 Å². The van der Waals surface area contributed by atoms with Gasteiger partial charge in [0, 0.05) is 6.92 Å². The number of ketones is 1.